The van der Waals surface area contributed by atoms with Crippen molar-refractivity contribution in [2.45, 2.75) is 71.9 Å². The van der Waals surface area contributed by atoms with E-state index in [1.54, 1.807) is 0 Å². The van der Waals surface area contributed by atoms with Crippen LogP contribution in [0.3, 0.4) is 0 Å². The summed E-state index contributed by atoms with van der Waals surface area (Å²) in [6.45, 7) is 11.7. The molecule has 1 saturated heterocycles. The van der Waals surface area contributed by atoms with Gasteiger partial charge in [-0.15, -0.1) is 0 Å². The molecule has 298 valence electrons. The number of allylic oxidation sites excluding steroid dienone is 1. The number of aromatic hydroxyl groups is 1. The molecule has 2 amide bonds. The Balaban J connectivity index is 1.42. The number of carbonyl (C=O) groups is 2. The normalized spacial score (nSPS) is 19.5. The molecule has 0 aromatic heterocycles. The first-order valence-corrected chi connectivity index (χ1v) is 21.3. The van der Waals surface area contributed by atoms with Gasteiger partial charge < -0.3 is 19.7 Å². The fourth-order valence-corrected chi connectivity index (χ4v) is 13.5. The fraction of sp³-hybridized carbons (Fsp3) is 0.348. The highest BCUT2D eigenvalue weighted by Gasteiger charge is 2.56. The van der Waals surface area contributed by atoms with Gasteiger partial charge in [-0.05, 0) is 101 Å². The van der Waals surface area contributed by atoms with Crippen LogP contribution in [0, 0.1) is 41.7 Å². The molecule has 4 aromatic carbocycles. The molecule has 4 atom stereocenters. The van der Waals surface area contributed by atoms with Crippen LogP contribution in [0.15, 0.2) is 114 Å². The number of nitrogens with zero attached hydrogens (tertiary/aromatic N) is 2. The average molecular weight is 789 g/mol. The summed E-state index contributed by atoms with van der Waals surface area (Å²) in [5.74, 6) is -3.56. The number of fused-ring (bicyclic) bond motifs is 1. The summed E-state index contributed by atoms with van der Waals surface area (Å²) in [5, 5.41) is 47.0. The molecule has 1 fully saturated rings. The van der Waals surface area contributed by atoms with E-state index in [4.69, 9.17) is 4.43 Å². The summed E-state index contributed by atoms with van der Waals surface area (Å²) in [6.07, 6.45) is 1.82. The van der Waals surface area contributed by atoms with E-state index in [0.29, 0.717) is 17.6 Å². The smallest absolute Gasteiger partial charge is 0.271 e. The molecule has 1 aliphatic carbocycles. The zero-order valence-corrected chi connectivity index (χ0v) is 34.4. The first kappa shape index (κ1) is 41.4. The van der Waals surface area contributed by atoms with Crippen molar-refractivity contribution in [3.8, 4) is 5.75 Å². The number of phenolic OH excluding ortho intramolecular Hbond substituents is 1. The molecule has 57 heavy (non-hydrogen) atoms. The lowest BCUT2D eigenvalue weighted by molar-refractivity contribution is -0.384. The van der Waals surface area contributed by atoms with Gasteiger partial charge in [-0.25, -0.2) is 4.90 Å². The number of aliphatic hydroxyl groups excluding tert-OH is 2. The van der Waals surface area contributed by atoms with Gasteiger partial charge in [0.05, 0.1) is 41.8 Å². The topological polar surface area (TPSA) is 150 Å². The van der Waals surface area contributed by atoms with Crippen LogP contribution >= 0.6 is 0 Å². The Morgan fingerprint density at radius 2 is 1.54 bits per heavy atom. The highest BCUT2D eigenvalue weighted by molar-refractivity contribution is 6.99. The van der Waals surface area contributed by atoms with Crippen LogP contribution < -0.4 is 15.3 Å². The van der Waals surface area contributed by atoms with Gasteiger partial charge >= 0.3 is 0 Å². The number of nitro groups is 1. The second-order valence-electron chi connectivity index (χ2n) is 16.5. The third-order valence-corrected chi connectivity index (χ3v) is 16.6. The summed E-state index contributed by atoms with van der Waals surface area (Å²) in [7, 11) is -3.10. The quantitative estimate of drug-likeness (QED) is 0.0425. The molecule has 2 aliphatic rings. The highest BCUT2D eigenvalue weighted by atomic mass is 28.4. The van der Waals surface area contributed by atoms with Gasteiger partial charge in [0.1, 0.15) is 5.75 Å². The van der Waals surface area contributed by atoms with Crippen molar-refractivity contribution in [3.05, 3.63) is 141 Å². The molecule has 3 N–H and O–H groups in total. The van der Waals surface area contributed by atoms with Crippen LogP contribution in [0.25, 0.3) is 6.08 Å². The highest BCUT2D eigenvalue weighted by Crippen LogP contribution is 2.48. The zero-order valence-electron chi connectivity index (χ0n) is 33.4. The Hall–Kier alpha value is -5.20. The van der Waals surface area contributed by atoms with E-state index in [0.717, 1.165) is 37.5 Å². The predicted octanol–water partition coefficient (Wildman–Crippen LogP) is 7.15. The van der Waals surface area contributed by atoms with Crippen molar-refractivity contribution in [1.29, 1.82) is 0 Å². The van der Waals surface area contributed by atoms with E-state index in [9.17, 15) is 35.0 Å². The van der Waals surface area contributed by atoms with Crippen molar-refractivity contribution in [2.24, 2.45) is 17.8 Å². The number of imide groups is 1. The van der Waals surface area contributed by atoms with Crippen molar-refractivity contribution < 1.29 is 34.3 Å². The van der Waals surface area contributed by atoms with Crippen molar-refractivity contribution in [2.75, 3.05) is 18.1 Å². The van der Waals surface area contributed by atoms with Crippen LogP contribution in [0.2, 0.25) is 5.04 Å². The van der Waals surface area contributed by atoms with Gasteiger partial charge in [0.25, 0.3) is 14.0 Å². The standard InChI is InChI=1S/C46H52N2O8Si/c1-29(22-32-23-30(2)43(51)31(3)24-32)20-21-40(50)41-33(28-56-57(46(4,5)6,36-16-9-7-10-17-36)37-18-11-8-12-19-37)25-38-42(39(41)27-49)45(53)47(44(38)52)34-14-13-15-35(26-34)48(54)55/h7-19,22-24,26,38-40,42,49-51H,20-21,25,27-28H2,1-6H3/b29-22+/t38-,39+,40-,42-/m1/s1. The van der Waals surface area contributed by atoms with E-state index in [1.807, 2.05) is 75.4 Å². The maximum absolute atomic E-state index is 14.3. The number of nitro benzene ring substituents is 1. The Labute approximate surface area is 335 Å². The predicted molar refractivity (Wildman–Crippen MR) is 225 cm³/mol. The third kappa shape index (κ3) is 8.02. The second-order valence-corrected chi connectivity index (χ2v) is 20.8. The SMILES string of the molecule is C/C(=C\c1cc(C)c(O)c(C)c1)CC[C@@H](O)C1=C(CO[Si](c2ccccc2)(c2ccccc2)C(C)(C)C)C[C@H]2C(=O)N(c3cccc([N+](=O)[O-])c3)C(=O)[C@H]2[C@H]1CO. The first-order valence-electron chi connectivity index (χ1n) is 19.4. The number of non-ortho nitro benzene ring substituents is 1. The lowest BCUT2D eigenvalue weighted by Crippen LogP contribution is -2.66. The minimum absolute atomic E-state index is 0.0541. The zero-order chi connectivity index (χ0) is 41.2. The number of anilines is 1. The van der Waals surface area contributed by atoms with Gasteiger partial charge in [-0.1, -0.05) is 99.2 Å². The molecule has 1 aliphatic heterocycles. The van der Waals surface area contributed by atoms with E-state index < -0.39 is 55.5 Å². The Kier molecular flexibility index (Phi) is 12.2. The van der Waals surface area contributed by atoms with Crippen LogP contribution in [0.1, 0.15) is 63.6 Å². The first-order chi connectivity index (χ1) is 27.1. The Morgan fingerprint density at radius 1 is 0.947 bits per heavy atom. The van der Waals surface area contributed by atoms with Gasteiger partial charge in [-0.3, -0.25) is 19.7 Å². The summed E-state index contributed by atoms with van der Waals surface area (Å²) in [4.78, 5) is 40.7. The number of hydrogen-bond donors (Lipinski definition) is 3. The third-order valence-electron chi connectivity index (χ3n) is 11.7. The molecule has 0 bridgehead atoms. The minimum atomic E-state index is -3.10. The summed E-state index contributed by atoms with van der Waals surface area (Å²) >= 11 is 0. The van der Waals surface area contributed by atoms with Crippen LogP contribution in [-0.4, -0.2) is 59.7 Å². The van der Waals surface area contributed by atoms with Crippen molar-refractivity contribution in [3.63, 3.8) is 0 Å². The Bertz CT molecular complexity index is 2150. The largest absolute Gasteiger partial charge is 0.507 e. The molecule has 0 radical (unpaired) electrons. The fourth-order valence-electron chi connectivity index (χ4n) is 9.00. The number of hydrogen-bond acceptors (Lipinski definition) is 8. The number of aryl methyl sites for hydroxylation is 2. The maximum Gasteiger partial charge on any atom is 0.271 e. The molecule has 0 unspecified atom stereocenters. The minimum Gasteiger partial charge on any atom is -0.507 e. The second kappa shape index (κ2) is 16.7. The molecule has 0 spiro atoms. The summed E-state index contributed by atoms with van der Waals surface area (Å²) < 4.78 is 7.35. The lowest BCUT2D eigenvalue weighted by Gasteiger charge is -2.44. The summed E-state index contributed by atoms with van der Waals surface area (Å²) in [6, 6.07) is 29.5. The lowest BCUT2D eigenvalue weighted by atomic mass is 9.68. The number of carbonyl (C=O) groups excluding carboxylic acids is 2. The van der Waals surface area contributed by atoms with E-state index in [-0.39, 0.29) is 41.6 Å². The molecule has 10 nitrogen and oxygen atoms in total. The van der Waals surface area contributed by atoms with E-state index in [2.05, 4.69) is 45.0 Å². The number of amides is 2. The van der Waals surface area contributed by atoms with Gasteiger partial charge in [0.2, 0.25) is 11.8 Å². The van der Waals surface area contributed by atoms with E-state index >= 15 is 0 Å². The molecular formula is C46H52N2O8Si. The number of rotatable bonds is 13. The van der Waals surface area contributed by atoms with Gasteiger partial charge in [0.15, 0.2) is 0 Å². The number of phenols is 1. The monoisotopic (exact) mass is 788 g/mol. The van der Waals surface area contributed by atoms with Crippen molar-refractivity contribution in [1.82, 2.24) is 0 Å². The molecule has 0 saturated carbocycles. The summed E-state index contributed by atoms with van der Waals surface area (Å²) in [5.41, 5.74) is 4.46. The molecule has 1 heterocycles. The van der Waals surface area contributed by atoms with Crippen LogP contribution in [-0.2, 0) is 14.0 Å². The maximum atomic E-state index is 14.3. The molecule has 4 aromatic rings. The van der Waals surface area contributed by atoms with Gasteiger partial charge in [-0.2, -0.15) is 0 Å². The average Bonchev–Trinajstić information content (AvgIpc) is 3.44. The molecule has 6 rings (SSSR count). The van der Waals surface area contributed by atoms with Crippen LogP contribution in [0.4, 0.5) is 11.4 Å². The van der Waals surface area contributed by atoms with Gasteiger partial charge in [0, 0.05) is 18.1 Å². The molecule has 11 heteroatoms. The van der Waals surface area contributed by atoms with E-state index in [1.165, 1.54) is 24.3 Å². The Morgan fingerprint density at radius 3 is 2.09 bits per heavy atom. The van der Waals surface area contributed by atoms with Crippen LogP contribution in [0.5, 0.6) is 5.75 Å². The molecular weight excluding hydrogens is 737 g/mol. The number of benzene rings is 4. The number of aliphatic hydroxyl groups is 2. The van der Waals surface area contributed by atoms with Crippen molar-refractivity contribution >= 4 is 48.0 Å².